The fourth-order valence-corrected chi connectivity index (χ4v) is 1.09. The number of likely N-dealkylation sites (N-methyl/N-ethyl adjacent to an activating group) is 1. The highest BCUT2D eigenvalue weighted by Gasteiger charge is 2.07. The molecule has 0 aliphatic carbocycles. The zero-order valence-electron chi connectivity index (χ0n) is 8.70. The summed E-state index contributed by atoms with van der Waals surface area (Å²) in [6, 6.07) is 0. The summed E-state index contributed by atoms with van der Waals surface area (Å²) < 4.78 is 5.23. The lowest BCUT2D eigenvalue weighted by molar-refractivity contribution is 0.0824. The molecule has 0 heterocycles. The molecule has 0 saturated heterocycles. The molecule has 13 heavy (non-hydrogen) atoms. The number of nitrogens with two attached hydrogens (primary N) is 1. The molecule has 4 heteroatoms. The highest BCUT2D eigenvalue weighted by Crippen LogP contribution is 1.91. The molecule has 0 fully saturated rings. The molecule has 0 saturated carbocycles. The normalized spacial score (nSPS) is 13.6. The molecular weight excluding hydrogens is 168 g/mol. The zero-order chi connectivity index (χ0) is 10.1. The SMILES string of the molecule is CCOCCN(CC)CC(O)CN. The van der Waals surface area contributed by atoms with Crippen LogP contribution in [-0.4, -0.2) is 55.5 Å². The Hall–Kier alpha value is -0.160. The maximum Gasteiger partial charge on any atom is 0.0789 e. The fourth-order valence-electron chi connectivity index (χ4n) is 1.09. The summed E-state index contributed by atoms with van der Waals surface area (Å²) in [5.41, 5.74) is 5.32. The molecule has 0 aromatic rings. The minimum Gasteiger partial charge on any atom is -0.390 e. The van der Waals surface area contributed by atoms with E-state index in [4.69, 9.17) is 10.5 Å². The van der Waals surface area contributed by atoms with Crippen LogP contribution in [0.5, 0.6) is 0 Å². The van der Waals surface area contributed by atoms with Crippen molar-refractivity contribution in [3.63, 3.8) is 0 Å². The van der Waals surface area contributed by atoms with Crippen molar-refractivity contribution in [1.82, 2.24) is 4.90 Å². The van der Waals surface area contributed by atoms with Crippen LogP contribution in [0.3, 0.4) is 0 Å². The predicted octanol–water partition coefficient (Wildman–Crippen LogP) is -0.336. The summed E-state index contributed by atoms with van der Waals surface area (Å²) in [7, 11) is 0. The van der Waals surface area contributed by atoms with E-state index in [0.717, 1.165) is 26.3 Å². The van der Waals surface area contributed by atoms with E-state index in [2.05, 4.69) is 11.8 Å². The summed E-state index contributed by atoms with van der Waals surface area (Å²) >= 11 is 0. The molecule has 0 aromatic carbocycles. The second kappa shape index (κ2) is 8.44. The van der Waals surface area contributed by atoms with Crippen molar-refractivity contribution in [2.45, 2.75) is 20.0 Å². The first-order valence-electron chi connectivity index (χ1n) is 4.92. The van der Waals surface area contributed by atoms with Crippen molar-refractivity contribution in [3.8, 4) is 0 Å². The molecule has 1 unspecified atom stereocenters. The van der Waals surface area contributed by atoms with Crippen molar-refractivity contribution in [1.29, 1.82) is 0 Å². The summed E-state index contributed by atoms with van der Waals surface area (Å²) in [5.74, 6) is 0. The highest BCUT2D eigenvalue weighted by molar-refractivity contribution is 4.63. The Morgan fingerprint density at radius 2 is 2.15 bits per heavy atom. The van der Waals surface area contributed by atoms with Gasteiger partial charge in [0.05, 0.1) is 12.7 Å². The van der Waals surface area contributed by atoms with Gasteiger partial charge in [0.15, 0.2) is 0 Å². The summed E-state index contributed by atoms with van der Waals surface area (Å²) in [6.45, 7) is 8.26. The van der Waals surface area contributed by atoms with Crippen molar-refractivity contribution in [3.05, 3.63) is 0 Å². The lowest BCUT2D eigenvalue weighted by Gasteiger charge is -2.22. The van der Waals surface area contributed by atoms with Crippen LogP contribution in [0, 0.1) is 0 Å². The van der Waals surface area contributed by atoms with Crippen molar-refractivity contribution in [2.75, 3.05) is 39.4 Å². The quantitative estimate of drug-likeness (QED) is 0.514. The Bertz CT molecular complexity index is 112. The van der Waals surface area contributed by atoms with Gasteiger partial charge in [-0.2, -0.15) is 0 Å². The maximum absolute atomic E-state index is 9.31. The minimum absolute atomic E-state index is 0.325. The monoisotopic (exact) mass is 190 g/mol. The number of rotatable bonds is 8. The van der Waals surface area contributed by atoms with Crippen molar-refractivity contribution < 1.29 is 9.84 Å². The van der Waals surface area contributed by atoms with Crippen molar-refractivity contribution in [2.24, 2.45) is 5.73 Å². The Morgan fingerprint density at radius 1 is 1.46 bits per heavy atom. The summed E-state index contributed by atoms with van der Waals surface area (Å²) in [4.78, 5) is 2.13. The number of hydrogen-bond acceptors (Lipinski definition) is 4. The number of hydrogen-bond donors (Lipinski definition) is 2. The van der Waals surface area contributed by atoms with E-state index in [-0.39, 0.29) is 0 Å². The molecule has 0 aliphatic heterocycles. The van der Waals surface area contributed by atoms with Crippen LogP contribution in [0.15, 0.2) is 0 Å². The van der Waals surface area contributed by atoms with E-state index in [1.807, 2.05) is 6.92 Å². The maximum atomic E-state index is 9.31. The second-order valence-corrected chi connectivity index (χ2v) is 2.98. The standard InChI is InChI=1S/C9H22N2O2/c1-3-11(5-6-13-4-2)8-9(12)7-10/h9,12H,3-8,10H2,1-2H3. The Morgan fingerprint density at radius 3 is 2.62 bits per heavy atom. The Labute approximate surface area is 80.7 Å². The number of nitrogens with zero attached hydrogens (tertiary/aromatic N) is 1. The lowest BCUT2D eigenvalue weighted by Crippen LogP contribution is -2.38. The van der Waals surface area contributed by atoms with E-state index < -0.39 is 6.10 Å². The minimum atomic E-state index is -0.415. The lowest BCUT2D eigenvalue weighted by atomic mass is 10.3. The van der Waals surface area contributed by atoms with Gasteiger partial charge in [0.1, 0.15) is 0 Å². The Kier molecular flexibility index (Phi) is 8.33. The van der Waals surface area contributed by atoms with Crippen LogP contribution in [0.4, 0.5) is 0 Å². The largest absolute Gasteiger partial charge is 0.390 e. The third kappa shape index (κ3) is 6.95. The molecule has 1 atom stereocenters. The van der Waals surface area contributed by atoms with E-state index in [1.54, 1.807) is 0 Å². The van der Waals surface area contributed by atoms with Gasteiger partial charge in [0.2, 0.25) is 0 Å². The predicted molar refractivity (Wildman–Crippen MR) is 53.7 cm³/mol. The fraction of sp³-hybridized carbons (Fsp3) is 1.00. The average Bonchev–Trinajstić information content (AvgIpc) is 2.16. The summed E-state index contributed by atoms with van der Waals surface area (Å²) in [5, 5.41) is 9.31. The Balaban J connectivity index is 3.50. The number of aliphatic hydroxyl groups excluding tert-OH is 1. The molecule has 0 aliphatic rings. The van der Waals surface area contributed by atoms with Crippen LogP contribution in [0.25, 0.3) is 0 Å². The number of aliphatic hydroxyl groups is 1. The van der Waals surface area contributed by atoms with Gasteiger partial charge in [-0.1, -0.05) is 6.92 Å². The van der Waals surface area contributed by atoms with E-state index in [0.29, 0.717) is 13.1 Å². The summed E-state index contributed by atoms with van der Waals surface area (Å²) in [6.07, 6.45) is -0.415. The number of ether oxygens (including phenoxy) is 1. The first-order chi connectivity index (χ1) is 6.24. The van der Waals surface area contributed by atoms with E-state index in [1.165, 1.54) is 0 Å². The van der Waals surface area contributed by atoms with Gasteiger partial charge in [-0.3, -0.25) is 4.90 Å². The molecule has 80 valence electrons. The topological polar surface area (TPSA) is 58.7 Å². The molecule has 0 rings (SSSR count). The molecule has 4 nitrogen and oxygen atoms in total. The van der Waals surface area contributed by atoms with Gasteiger partial charge in [-0.05, 0) is 13.5 Å². The van der Waals surface area contributed by atoms with Gasteiger partial charge in [-0.25, -0.2) is 0 Å². The van der Waals surface area contributed by atoms with E-state index >= 15 is 0 Å². The molecule has 0 bridgehead atoms. The van der Waals surface area contributed by atoms with Crippen molar-refractivity contribution >= 4 is 0 Å². The molecule has 0 aromatic heterocycles. The highest BCUT2D eigenvalue weighted by atomic mass is 16.5. The van der Waals surface area contributed by atoms with Gasteiger partial charge >= 0.3 is 0 Å². The van der Waals surface area contributed by atoms with Gasteiger partial charge in [0.25, 0.3) is 0 Å². The van der Waals surface area contributed by atoms with Crippen LogP contribution >= 0.6 is 0 Å². The molecular formula is C9H22N2O2. The average molecular weight is 190 g/mol. The van der Waals surface area contributed by atoms with Crippen LogP contribution in [0.2, 0.25) is 0 Å². The van der Waals surface area contributed by atoms with Crippen LogP contribution in [-0.2, 0) is 4.74 Å². The smallest absolute Gasteiger partial charge is 0.0789 e. The molecule has 3 N–H and O–H groups in total. The van der Waals surface area contributed by atoms with E-state index in [9.17, 15) is 5.11 Å². The zero-order valence-corrected chi connectivity index (χ0v) is 8.70. The van der Waals surface area contributed by atoms with Gasteiger partial charge < -0.3 is 15.6 Å². The molecule has 0 spiro atoms. The third-order valence-corrected chi connectivity index (χ3v) is 1.94. The van der Waals surface area contributed by atoms with Gasteiger partial charge in [-0.15, -0.1) is 0 Å². The molecule has 0 radical (unpaired) electrons. The second-order valence-electron chi connectivity index (χ2n) is 2.98. The van der Waals surface area contributed by atoms with Crippen LogP contribution in [0.1, 0.15) is 13.8 Å². The van der Waals surface area contributed by atoms with Gasteiger partial charge in [0, 0.05) is 26.2 Å². The van der Waals surface area contributed by atoms with Crippen LogP contribution < -0.4 is 5.73 Å². The third-order valence-electron chi connectivity index (χ3n) is 1.94. The first-order valence-corrected chi connectivity index (χ1v) is 4.92. The first kappa shape index (κ1) is 12.8. The molecule has 0 amide bonds.